The third kappa shape index (κ3) is 4.04. The number of nitrogens with one attached hydrogen (secondary N) is 1. The van der Waals surface area contributed by atoms with Crippen molar-refractivity contribution in [3.05, 3.63) is 65.0 Å². The van der Waals surface area contributed by atoms with Crippen molar-refractivity contribution in [1.29, 1.82) is 0 Å². The Balaban J connectivity index is 1.24. The second-order valence-electron chi connectivity index (χ2n) is 8.89. The number of likely N-dealkylation sites (tertiary alicyclic amines) is 1. The largest absolute Gasteiger partial charge is 0.373 e. The Morgan fingerprint density at radius 3 is 2.65 bits per heavy atom. The standard InChI is InChI=1S/C25H26FN4O/c1-17-14-19-4-5-20(24-25(31)28-16-27-24)15-23(19)30(17)22-9-12-29(13-10-22)11-8-18-2-6-21(26)7-3-18/h2-7,15,17,22H,8-14H2,1H3/q-1/p+1. The Hall–Kier alpha value is -2.86. The predicted octanol–water partition coefficient (Wildman–Crippen LogP) is 2.10. The fraction of sp³-hybridized carbons (Fsp3) is 0.400. The smallest absolute Gasteiger partial charge is 0.136 e. The number of anilines is 1. The van der Waals surface area contributed by atoms with Crippen molar-refractivity contribution in [2.24, 2.45) is 9.98 Å². The molecule has 1 amide bonds. The van der Waals surface area contributed by atoms with Crippen molar-refractivity contribution in [2.75, 3.05) is 24.5 Å². The minimum absolute atomic E-state index is 0.171. The highest BCUT2D eigenvalue weighted by Gasteiger charge is 2.35. The molecule has 0 radical (unpaired) electrons. The Labute approximate surface area is 182 Å². The molecule has 0 bridgehead atoms. The normalized spacial score (nSPS) is 25.1. The topological polar surface area (TPSA) is 49.5 Å². The summed E-state index contributed by atoms with van der Waals surface area (Å²) in [4.78, 5) is 23.8. The van der Waals surface area contributed by atoms with Crippen LogP contribution in [0.2, 0.25) is 0 Å². The molecule has 6 heteroatoms. The Morgan fingerprint density at radius 2 is 1.94 bits per heavy atom. The maximum Gasteiger partial charge on any atom is 0.136 e. The van der Waals surface area contributed by atoms with Gasteiger partial charge in [0.2, 0.25) is 0 Å². The average Bonchev–Trinajstić information content (AvgIpc) is 3.35. The molecule has 0 saturated carbocycles. The molecule has 31 heavy (non-hydrogen) atoms. The van der Waals surface area contributed by atoms with E-state index >= 15 is 0 Å². The molecule has 1 atom stereocenters. The van der Waals surface area contributed by atoms with E-state index in [4.69, 9.17) is 0 Å². The number of carbonyl (C=O) groups excluding carboxylic acids is 1. The van der Waals surface area contributed by atoms with Gasteiger partial charge in [-0.3, -0.25) is 0 Å². The van der Waals surface area contributed by atoms with Gasteiger partial charge in [0, 0.05) is 43.4 Å². The van der Waals surface area contributed by atoms with Crippen LogP contribution in [0, 0.1) is 5.82 Å². The first-order chi connectivity index (χ1) is 15.1. The maximum absolute atomic E-state index is 13.1. The summed E-state index contributed by atoms with van der Waals surface area (Å²) in [6.45, 7) is 5.69. The number of nitrogens with zero attached hydrogens (tertiary/aromatic N) is 3. The third-order valence-electron chi connectivity index (χ3n) is 6.88. The zero-order valence-electron chi connectivity index (χ0n) is 17.8. The number of benzene rings is 2. The van der Waals surface area contributed by atoms with Gasteiger partial charge in [-0.1, -0.05) is 29.8 Å². The van der Waals surface area contributed by atoms with E-state index in [2.05, 4.69) is 40.3 Å². The van der Waals surface area contributed by atoms with Gasteiger partial charge in [0.05, 0.1) is 19.6 Å². The van der Waals surface area contributed by atoms with Crippen LogP contribution in [0.5, 0.6) is 0 Å². The van der Waals surface area contributed by atoms with Crippen LogP contribution < -0.4 is 9.80 Å². The minimum atomic E-state index is -0.310. The van der Waals surface area contributed by atoms with Crippen LogP contribution in [-0.2, 0) is 17.6 Å². The quantitative estimate of drug-likeness (QED) is 0.756. The number of rotatable bonds is 5. The fourth-order valence-electron chi connectivity index (χ4n) is 5.26. The molecule has 160 valence electrons. The lowest BCUT2D eigenvalue weighted by molar-refractivity contribution is -0.904. The molecule has 1 saturated heterocycles. The van der Waals surface area contributed by atoms with Gasteiger partial charge in [0.25, 0.3) is 0 Å². The number of quaternary nitrogens is 1. The van der Waals surface area contributed by atoms with E-state index in [1.165, 1.54) is 16.8 Å². The number of amides is 1. The molecular weight excluding hydrogens is 391 g/mol. The number of hydrogen-bond donors (Lipinski definition) is 1. The highest BCUT2D eigenvalue weighted by molar-refractivity contribution is 6.49. The highest BCUT2D eigenvalue weighted by atomic mass is 19.1. The monoisotopic (exact) mass is 418 g/mol. The van der Waals surface area contributed by atoms with Crippen LogP contribution in [0.15, 0.2) is 52.4 Å². The number of hydrogen-bond acceptors (Lipinski definition) is 3. The number of fused-ring (bicyclic) bond motifs is 1. The SMILES string of the molecule is CC1Cc2ccc(C3=N[C-]=NC3=O)cc2N1C1CC[NH+](CCc2ccc(F)cc2)CC1. The molecule has 0 spiro atoms. The van der Waals surface area contributed by atoms with Gasteiger partial charge < -0.3 is 24.6 Å². The number of piperidine rings is 1. The summed E-state index contributed by atoms with van der Waals surface area (Å²) in [6.07, 6.45) is 6.77. The van der Waals surface area contributed by atoms with Gasteiger partial charge in [-0.2, -0.15) is 0 Å². The zero-order chi connectivity index (χ0) is 21.4. The lowest BCUT2D eigenvalue weighted by atomic mass is 10.0. The summed E-state index contributed by atoms with van der Waals surface area (Å²) < 4.78 is 13.1. The van der Waals surface area contributed by atoms with Crippen LogP contribution >= 0.6 is 0 Å². The van der Waals surface area contributed by atoms with Crippen molar-refractivity contribution in [1.82, 2.24) is 0 Å². The first-order valence-corrected chi connectivity index (χ1v) is 11.2. The second-order valence-corrected chi connectivity index (χ2v) is 8.89. The number of halogens is 1. The van der Waals surface area contributed by atoms with Crippen molar-refractivity contribution in [3.8, 4) is 0 Å². The summed E-state index contributed by atoms with van der Waals surface area (Å²) >= 11 is 0. The average molecular weight is 419 g/mol. The Kier molecular flexibility index (Phi) is 5.40. The van der Waals surface area contributed by atoms with E-state index in [0.29, 0.717) is 17.8 Å². The van der Waals surface area contributed by atoms with Gasteiger partial charge >= 0.3 is 0 Å². The molecular formula is C25H27FN4O. The van der Waals surface area contributed by atoms with Gasteiger partial charge in [-0.15, -0.1) is 0 Å². The molecule has 0 aromatic heterocycles. The Morgan fingerprint density at radius 1 is 1.16 bits per heavy atom. The molecule has 1 N–H and O–H groups in total. The van der Waals surface area contributed by atoms with Crippen LogP contribution in [0.25, 0.3) is 0 Å². The molecule has 0 aliphatic carbocycles. The van der Waals surface area contributed by atoms with Gasteiger partial charge in [-0.05, 0) is 48.4 Å². The van der Waals surface area contributed by atoms with E-state index in [0.717, 1.165) is 50.9 Å². The molecule has 1 fully saturated rings. The molecule has 3 aliphatic heterocycles. The van der Waals surface area contributed by atoms with Crippen molar-refractivity contribution < 1.29 is 14.1 Å². The zero-order valence-corrected chi connectivity index (χ0v) is 17.8. The lowest BCUT2D eigenvalue weighted by Gasteiger charge is -2.39. The minimum Gasteiger partial charge on any atom is -0.373 e. The predicted molar refractivity (Wildman–Crippen MR) is 120 cm³/mol. The van der Waals surface area contributed by atoms with Crippen LogP contribution in [0.4, 0.5) is 10.1 Å². The molecule has 2 aromatic carbocycles. The van der Waals surface area contributed by atoms with E-state index in [9.17, 15) is 9.18 Å². The Bertz CT molecular complexity index is 1040. The first-order valence-electron chi connectivity index (χ1n) is 11.2. The summed E-state index contributed by atoms with van der Waals surface area (Å²) in [7, 11) is 0. The molecule has 1 unspecified atom stereocenters. The number of carbonyl (C=O) groups is 1. The fourth-order valence-corrected chi connectivity index (χ4v) is 5.26. The van der Waals surface area contributed by atoms with Crippen LogP contribution in [0.1, 0.15) is 36.5 Å². The van der Waals surface area contributed by atoms with Crippen molar-refractivity contribution in [3.63, 3.8) is 0 Å². The second kappa shape index (κ2) is 8.35. The van der Waals surface area contributed by atoms with Crippen molar-refractivity contribution >= 4 is 23.6 Å². The molecule has 5 nitrogen and oxygen atoms in total. The van der Waals surface area contributed by atoms with Gasteiger partial charge in [-0.25, -0.2) is 4.39 Å². The van der Waals surface area contributed by atoms with Gasteiger partial charge in [0.15, 0.2) is 0 Å². The molecule has 2 aromatic rings. The summed E-state index contributed by atoms with van der Waals surface area (Å²) in [5.41, 5.74) is 5.02. The first kappa shape index (κ1) is 20.1. The van der Waals surface area contributed by atoms with Crippen LogP contribution in [0.3, 0.4) is 0 Å². The maximum atomic E-state index is 13.1. The summed E-state index contributed by atoms with van der Waals surface area (Å²) in [5.74, 6) is -0.481. The van der Waals surface area contributed by atoms with Crippen LogP contribution in [-0.4, -0.2) is 49.7 Å². The highest BCUT2D eigenvalue weighted by Crippen LogP contribution is 2.36. The van der Waals surface area contributed by atoms with Crippen molar-refractivity contribution in [2.45, 2.75) is 44.7 Å². The van der Waals surface area contributed by atoms with E-state index in [1.807, 2.05) is 18.2 Å². The van der Waals surface area contributed by atoms with Gasteiger partial charge in [0.1, 0.15) is 11.7 Å². The third-order valence-corrected chi connectivity index (χ3v) is 6.88. The summed E-state index contributed by atoms with van der Waals surface area (Å²) in [6, 6.07) is 14.1. The molecule has 3 aliphatic rings. The lowest BCUT2D eigenvalue weighted by Crippen LogP contribution is -3.13. The molecule has 5 rings (SSSR count). The molecule has 3 heterocycles. The number of aliphatic imine (C=N–C) groups is 2. The summed E-state index contributed by atoms with van der Waals surface area (Å²) in [5, 5.41) is 0. The van der Waals surface area contributed by atoms with E-state index < -0.39 is 0 Å². The van der Waals surface area contributed by atoms with E-state index in [1.54, 1.807) is 17.0 Å². The van der Waals surface area contributed by atoms with E-state index in [-0.39, 0.29) is 11.7 Å².